The minimum absolute atomic E-state index is 0.0339. The number of hydrogen-bond donors (Lipinski definition) is 3. The second-order valence-corrected chi connectivity index (χ2v) is 4.88. The molecule has 116 valence electrons. The van der Waals surface area contributed by atoms with Crippen LogP contribution < -0.4 is 16.4 Å². The number of amides is 2. The van der Waals surface area contributed by atoms with Crippen LogP contribution in [-0.4, -0.2) is 48.9 Å². The number of carbonyl (C=O) groups excluding carboxylic acids is 1. The number of likely N-dealkylation sites (N-methyl/N-ethyl adjacent to an activating group) is 1. The van der Waals surface area contributed by atoms with Gasteiger partial charge in [-0.15, -0.1) is 0 Å². The zero-order valence-corrected chi connectivity index (χ0v) is 11.4. The lowest BCUT2D eigenvalue weighted by Gasteiger charge is -2.19. The van der Waals surface area contributed by atoms with Crippen molar-refractivity contribution < 1.29 is 22.4 Å². The molecule has 1 atom stereocenters. The molecule has 1 rings (SSSR count). The van der Waals surface area contributed by atoms with Gasteiger partial charge in [0.2, 0.25) is 0 Å². The van der Waals surface area contributed by atoms with Gasteiger partial charge in [0.15, 0.2) is 0 Å². The first kappa shape index (κ1) is 16.7. The molecule has 0 bridgehead atoms. The van der Waals surface area contributed by atoms with Crippen LogP contribution in [-0.2, 0) is 0 Å². The Kier molecular flexibility index (Phi) is 5.32. The quantitative estimate of drug-likeness (QED) is 0.510. The van der Waals surface area contributed by atoms with Crippen molar-refractivity contribution in [2.24, 2.45) is 5.73 Å². The van der Waals surface area contributed by atoms with E-state index in [9.17, 15) is 22.4 Å². The van der Waals surface area contributed by atoms with Gasteiger partial charge in [-0.1, -0.05) is 0 Å². The summed E-state index contributed by atoms with van der Waals surface area (Å²) in [7, 11) is 1.38. The van der Waals surface area contributed by atoms with Crippen molar-refractivity contribution in [3.8, 4) is 0 Å². The average Bonchev–Trinajstić information content (AvgIpc) is 2.62. The second-order valence-electron chi connectivity index (χ2n) is 4.33. The molecule has 0 aliphatic carbocycles. The fourth-order valence-electron chi connectivity index (χ4n) is 1.83. The van der Waals surface area contributed by atoms with Crippen molar-refractivity contribution in [1.29, 1.82) is 0 Å². The van der Waals surface area contributed by atoms with Crippen molar-refractivity contribution in [3.05, 3.63) is 11.4 Å². The van der Waals surface area contributed by atoms with Gasteiger partial charge >= 0.3 is 11.4 Å². The van der Waals surface area contributed by atoms with Gasteiger partial charge in [0.25, 0.3) is 6.43 Å². The first-order chi connectivity index (χ1) is 9.14. The summed E-state index contributed by atoms with van der Waals surface area (Å²) in [6, 6.07) is -1.48. The molecule has 20 heavy (non-hydrogen) atoms. The van der Waals surface area contributed by atoms with Crippen molar-refractivity contribution in [2.75, 3.05) is 20.1 Å². The van der Waals surface area contributed by atoms with E-state index in [1.54, 1.807) is 0 Å². The molecule has 2 amide bonds. The molecule has 0 aromatic rings. The van der Waals surface area contributed by atoms with Gasteiger partial charge in [0, 0.05) is 20.0 Å². The minimum Gasteiger partial charge on any atom is -0.396 e. The summed E-state index contributed by atoms with van der Waals surface area (Å²) in [5.74, 6) is 0. The number of nitrogens with two attached hydrogens (primary N) is 1. The Balaban J connectivity index is 2.70. The average molecular weight is 319 g/mol. The second kappa shape index (κ2) is 6.38. The highest BCUT2D eigenvalue weighted by molar-refractivity contribution is 6.21. The van der Waals surface area contributed by atoms with E-state index in [2.05, 4.69) is 10.6 Å². The van der Waals surface area contributed by atoms with Crippen LogP contribution >= 0.6 is 11.6 Å². The highest BCUT2D eigenvalue weighted by atomic mass is 35.5. The third kappa shape index (κ3) is 4.62. The van der Waals surface area contributed by atoms with Crippen LogP contribution in [0.4, 0.5) is 22.4 Å². The summed E-state index contributed by atoms with van der Waals surface area (Å²) < 4.78 is 50.2. The van der Waals surface area contributed by atoms with Crippen LogP contribution in [0.3, 0.4) is 0 Å². The summed E-state index contributed by atoms with van der Waals surface area (Å²) in [6.45, 7) is -0.286. The van der Waals surface area contributed by atoms with Gasteiger partial charge in [0.1, 0.15) is 0 Å². The zero-order valence-electron chi connectivity index (χ0n) is 10.6. The highest BCUT2D eigenvalue weighted by Gasteiger charge is 2.37. The standard InChI is InChI=1S/C10H15ClF4N4O/c1-17-6(7(16)8(12)13)4-19-3-5(18-9(19)20)2-10(11,14)15/h5,8,17H,2-4,16H2,1H3,(H,18,20)/b7-6-. The summed E-state index contributed by atoms with van der Waals surface area (Å²) >= 11 is 4.79. The van der Waals surface area contributed by atoms with Crippen LogP contribution in [0.2, 0.25) is 0 Å². The number of allylic oxidation sites excluding steroid dienone is 1. The number of alkyl halides is 5. The van der Waals surface area contributed by atoms with E-state index in [0.29, 0.717) is 0 Å². The molecule has 0 aromatic heterocycles. The highest BCUT2D eigenvalue weighted by Crippen LogP contribution is 2.26. The third-order valence-corrected chi connectivity index (χ3v) is 2.92. The van der Waals surface area contributed by atoms with Gasteiger partial charge in [-0.05, 0) is 11.6 Å². The van der Waals surface area contributed by atoms with Crippen LogP contribution in [0.25, 0.3) is 0 Å². The first-order valence-electron chi connectivity index (χ1n) is 5.70. The summed E-state index contributed by atoms with van der Waals surface area (Å²) in [5, 5.41) is 1.34. The van der Waals surface area contributed by atoms with Crippen molar-refractivity contribution in [3.63, 3.8) is 0 Å². The van der Waals surface area contributed by atoms with Gasteiger partial charge in [-0.3, -0.25) is 0 Å². The van der Waals surface area contributed by atoms with Gasteiger partial charge in [0.05, 0.1) is 24.0 Å². The molecule has 0 saturated carbocycles. The largest absolute Gasteiger partial charge is 0.396 e. The maximum absolute atomic E-state index is 12.6. The smallest absolute Gasteiger partial charge is 0.323 e. The normalized spacial score (nSPS) is 21.1. The topological polar surface area (TPSA) is 70.4 Å². The predicted molar refractivity (Wildman–Crippen MR) is 65.6 cm³/mol. The SMILES string of the molecule is CN/C(CN1CC(CC(F)(F)Cl)NC1=O)=C(\N)C(F)F. The molecular formula is C10H15ClF4N4O. The van der Waals surface area contributed by atoms with Gasteiger partial charge in [-0.25, -0.2) is 13.6 Å². The van der Waals surface area contributed by atoms with E-state index in [1.165, 1.54) is 7.05 Å². The molecule has 4 N–H and O–H groups in total. The fourth-order valence-corrected chi connectivity index (χ4v) is 2.02. The number of nitrogens with zero attached hydrogens (tertiary/aromatic N) is 1. The molecule has 1 aliphatic rings. The lowest BCUT2D eigenvalue weighted by atomic mass is 10.2. The van der Waals surface area contributed by atoms with Crippen molar-refractivity contribution in [2.45, 2.75) is 24.3 Å². The molecule has 0 aromatic carbocycles. The Morgan fingerprint density at radius 3 is 2.70 bits per heavy atom. The molecule has 1 saturated heterocycles. The molecule has 1 unspecified atom stereocenters. The Labute approximate surface area is 118 Å². The molecule has 1 fully saturated rings. The number of nitrogens with one attached hydrogen (secondary N) is 2. The third-order valence-electron chi connectivity index (χ3n) is 2.77. The van der Waals surface area contributed by atoms with Crippen LogP contribution in [0, 0.1) is 0 Å². The van der Waals surface area contributed by atoms with Gasteiger partial charge < -0.3 is 21.3 Å². The first-order valence-corrected chi connectivity index (χ1v) is 6.08. The molecule has 0 spiro atoms. The lowest BCUT2D eigenvalue weighted by molar-refractivity contribution is 0.0761. The summed E-state index contributed by atoms with van der Waals surface area (Å²) in [6.07, 6.45) is -3.61. The van der Waals surface area contributed by atoms with E-state index in [-0.39, 0.29) is 18.8 Å². The monoisotopic (exact) mass is 318 g/mol. The van der Waals surface area contributed by atoms with Crippen molar-refractivity contribution >= 4 is 17.6 Å². The van der Waals surface area contributed by atoms with E-state index in [0.717, 1.165) is 4.90 Å². The Morgan fingerprint density at radius 1 is 1.65 bits per heavy atom. The number of rotatable bonds is 6. The summed E-state index contributed by atoms with van der Waals surface area (Å²) in [4.78, 5) is 12.7. The Bertz CT molecular complexity index is 399. The number of carbonyl (C=O) groups is 1. The van der Waals surface area contributed by atoms with E-state index in [1.807, 2.05) is 0 Å². The molecule has 10 heteroatoms. The molecule has 0 radical (unpaired) electrons. The molecule has 1 aliphatic heterocycles. The fraction of sp³-hybridized carbons (Fsp3) is 0.700. The number of urea groups is 1. The van der Waals surface area contributed by atoms with Gasteiger partial charge in [-0.2, -0.15) is 8.78 Å². The van der Waals surface area contributed by atoms with Crippen LogP contribution in [0.1, 0.15) is 6.42 Å². The Hall–Kier alpha value is -1.38. The maximum atomic E-state index is 12.6. The van der Waals surface area contributed by atoms with E-state index in [4.69, 9.17) is 17.3 Å². The van der Waals surface area contributed by atoms with E-state index >= 15 is 0 Å². The molecule has 1 heterocycles. The molecule has 5 nitrogen and oxygen atoms in total. The maximum Gasteiger partial charge on any atom is 0.323 e. The van der Waals surface area contributed by atoms with E-state index < -0.39 is 36.0 Å². The minimum atomic E-state index is -3.43. The van der Waals surface area contributed by atoms with Crippen LogP contribution in [0.15, 0.2) is 11.4 Å². The molecular weight excluding hydrogens is 304 g/mol. The van der Waals surface area contributed by atoms with Crippen molar-refractivity contribution in [1.82, 2.24) is 15.5 Å². The lowest BCUT2D eigenvalue weighted by Crippen LogP contribution is -2.34. The zero-order chi connectivity index (χ0) is 15.5. The predicted octanol–water partition coefficient (Wildman–Crippen LogP) is 1.26. The summed E-state index contributed by atoms with van der Waals surface area (Å²) in [5.41, 5.74) is 4.48. The van der Waals surface area contributed by atoms with Crippen LogP contribution in [0.5, 0.6) is 0 Å². The number of hydrogen-bond acceptors (Lipinski definition) is 3. The number of halogens is 5. The Morgan fingerprint density at radius 2 is 2.25 bits per heavy atom.